The van der Waals surface area contributed by atoms with E-state index in [0.29, 0.717) is 5.75 Å². The van der Waals surface area contributed by atoms with Gasteiger partial charge in [0.25, 0.3) is 0 Å². The highest BCUT2D eigenvalue weighted by Gasteiger charge is 2.19. The molecule has 0 atom stereocenters. The third-order valence-corrected chi connectivity index (χ3v) is 3.01. The summed E-state index contributed by atoms with van der Waals surface area (Å²) >= 11 is 8.85. The number of hydrogen-bond acceptors (Lipinski definition) is 3. The van der Waals surface area contributed by atoms with Gasteiger partial charge in [0, 0.05) is 10.5 Å². The van der Waals surface area contributed by atoms with Crippen LogP contribution in [0.4, 0.5) is 10.1 Å². The summed E-state index contributed by atoms with van der Waals surface area (Å²) in [5.74, 6) is -0.607. The molecule has 0 saturated heterocycles. The lowest BCUT2D eigenvalue weighted by Crippen LogP contribution is -1.95. The summed E-state index contributed by atoms with van der Waals surface area (Å²) in [4.78, 5) is 10.1. The first-order valence-corrected chi connectivity index (χ1v) is 6.21. The fraction of sp³-hybridized carbons (Fsp3) is 0. The first-order valence-electron chi connectivity index (χ1n) is 5.04. The van der Waals surface area contributed by atoms with Crippen LogP contribution in [0.1, 0.15) is 0 Å². The molecule has 0 aliphatic heterocycles. The van der Waals surface area contributed by atoms with Gasteiger partial charge in [0.1, 0.15) is 11.6 Å². The van der Waals surface area contributed by atoms with E-state index >= 15 is 0 Å². The summed E-state index contributed by atoms with van der Waals surface area (Å²) in [5, 5.41) is 10.6. The molecule has 7 heteroatoms. The van der Waals surface area contributed by atoms with Gasteiger partial charge in [-0.3, -0.25) is 10.1 Å². The Labute approximate surface area is 121 Å². The van der Waals surface area contributed by atoms with Gasteiger partial charge >= 0.3 is 5.69 Å². The molecular weight excluding hydrogens is 340 g/mol. The molecule has 0 spiro atoms. The molecule has 2 aromatic carbocycles. The predicted octanol–water partition coefficient (Wildman–Crippen LogP) is 4.94. The quantitative estimate of drug-likeness (QED) is 0.584. The largest absolute Gasteiger partial charge is 0.450 e. The molecule has 98 valence electrons. The Morgan fingerprint density at radius 3 is 2.68 bits per heavy atom. The average Bonchev–Trinajstić information content (AvgIpc) is 2.33. The van der Waals surface area contributed by atoms with Gasteiger partial charge in [-0.05, 0) is 18.2 Å². The average molecular weight is 347 g/mol. The van der Waals surface area contributed by atoms with Gasteiger partial charge in [0.05, 0.1) is 16.0 Å². The molecule has 0 bridgehead atoms. The maximum absolute atomic E-state index is 13.2. The van der Waals surface area contributed by atoms with Crippen molar-refractivity contribution >= 4 is 33.2 Å². The Bertz CT molecular complexity index is 651. The molecule has 0 amide bonds. The lowest BCUT2D eigenvalue weighted by Gasteiger charge is -2.07. The zero-order valence-corrected chi connectivity index (χ0v) is 11.6. The number of benzene rings is 2. The molecule has 4 nitrogen and oxygen atoms in total. The lowest BCUT2D eigenvalue weighted by molar-refractivity contribution is -0.385. The summed E-state index contributed by atoms with van der Waals surface area (Å²) in [6.07, 6.45) is 0. The first kappa shape index (κ1) is 13.8. The van der Waals surface area contributed by atoms with Gasteiger partial charge in [0.2, 0.25) is 5.75 Å². The zero-order chi connectivity index (χ0) is 14.0. The molecule has 0 aliphatic carbocycles. The van der Waals surface area contributed by atoms with Crippen LogP contribution in [0.3, 0.4) is 0 Å². The molecule has 0 unspecified atom stereocenters. The SMILES string of the molecule is O=[N+]([O-])c1cc(F)c(Cl)cc1Oc1cccc(Br)c1. The molecule has 0 aromatic heterocycles. The van der Waals surface area contributed by atoms with Crippen molar-refractivity contribution in [2.45, 2.75) is 0 Å². The Morgan fingerprint density at radius 2 is 2.05 bits per heavy atom. The number of nitro groups is 1. The number of halogens is 3. The van der Waals surface area contributed by atoms with Crippen molar-refractivity contribution in [1.82, 2.24) is 0 Å². The lowest BCUT2D eigenvalue weighted by atomic mass is 10.3. The topological polar surface area (TPSA) is 52.4 Å². The smallest absolute Gasteiger partial charge is 0.314 e. The van der Waals surface area contributed by atoms with E-state index in [1.54, 1.807) is 24.3 Å². The summed E-state index contributed by atoms with van der Waals surface area (Å²) < 4.78 is 19.3. The van der Waals surface area contributed by atoms with E-state index in [1.807, 2.05) is 0 Å². The third-order valence-electron chi connectivity index (χ3n) is 2.22. The molecule has 0 aliphatic rings. The van der Waals surface area contributed by atoms with Crippen molar-refractivity contribution in [3.8, 4) is 11.5 Å². The molecule has 0 radical (unpaired) electrons. The summed E-state index contributed by atoms with van der Waals surface area (Å²) in [6.45, 7) is 0. The van der Waals surface area contributed by atoms with Crippen LogP contribution in [-0.4, -0.2) is 4.92 Å². The first-order chi connectivity index (χ1) is 8.97. The van der Waals surface area contributed by atoms with Crippen molar-refractivity contribution in [1.29, 1.82) is 0 Å². The van der Waals surface area contributed by atoms with Gasteiger partial charge < -0.3 is 4.74 Å². The Morgan fingerprint density at radius 1 is 1.32 bits per heavy atom. The highest BCUT2D eigenvalue weighted by atomic mass is 79.9. The number of nitrogens with zero attached hydrogens (tertiary/aromatic N) is 1. The van der Waals surface area contributed by atoms with Crippen LogP contribution in [0, 0.1) is 15.9 Å². The Balaban J connectivity index is 2.44. The van der Waals surface area contributed by atoms with Crippen molar-refractivity contribution in [2.24, 2.45) is 0 Å². The van der Waals surface area contributed by atoms with E-state index in [-0.39, 0.29) is 10.8 Å². The van der Waals surface area contributed by atoms with Crippen molar-refractivity contribution in [3.63, 3.8) is 0 Å². The number of nitro benzene ring substituents is 1. The maximum atomic E-state index is 13.2. The second-order valence-corrected chi connectivity index (χ2v) is 4.87. The Hall–Kier alpha value is -1.66. The fourth-order valence-corrected chi connectivity index (χ4v) is 1.93. The number of hydrogen-bond donors (Lipinski definition) is 0. The number of ether oxygens (including phenoxy) is 1. The van der Waals surface area contributed by atoms with Crippen LogP contribution in [-0.2, 0) is 0 Å². The van der Waals surface area contributed by atoms with Crippen molar-refractivity contribution in [2.75, 3.05) is 0 Å². The summed E-state index contributed by atoms with van der Waals surface area (Å²) in [5.41, 5.74) is -0.484. The van der Waals surface area contributed by atoms with Crippen molar-refractivity contribution in [3.05, 3.63) is 61.8 Å². The fourth-order valence-electron chi connectivity index (χ4n) is 1.40. The molecule has 0 fully saturated rings. The minimum Gasteiger partial charge on any atom is -0.450 e. The van der Waals surface area contributed by atoms with E-state index in [1.165, 1.54) is 0 Å². The summed E-state index contributed by atoms with van der Waals surface area (Å²) in [7, 11) is 0. The molecule has 19 heavy (non-hydrogen) atoms. The second kappa shape index (κ2) is 5.54. The normalized spacial score (nSPS) is 10.3. The molecule has 2 aromatic rings. The van der Waals surface area contributed by atoms with Crippen LogP contribution in [0.2, 0.25) is 5.02 Å². The Kier molecular flexibility index (Phi) is 4.01. The van der Waals surface area contributed by atoms with Crippen molar-refractivity contribution < 1.29 is 14.1 Å². The molecule has 0 heterocycles. The molecular formula is C12H6BrClFNO3. The van der Waals surface area contributed by atoms with Crippen LogP contribution < -0.4 is 4.74 Å². The van der Waals surface area contributed by atoms with Gasteiger partial charge in [-0.1, -0.05) is 33.6 Å². The van der Waals surface area contributed by atoms with E-state index in [9.17, 15) is 14.5 Å². The van der Waals surface area contributed by atoms with Crippen LogP contribution >= 0.6 is 27.5 Å². The van der Waals surface area contributed by atoms with E-state index in [4.69, 9.17) is 16.3 Å². The van der Waals surface area contributed by atoms with Crippen LogP contribution in [0.5, 0.6) is 11.5 Å². The van der Waals surface area contributed by atoms with E-state index in [2.05, 4.69) is 15.9 Å². The molecule has 0 N–H and O–H groups in total. The monoisotopic (exact) mass is 345 g/mol. The predicted molar refractivity (Wildman–Crippen MR) is 72.3 cm³/mol. The van der Waals surface area contributed by atoms with Gasteiger partial charge in [-0.2, -0.15) is 0 Å². The van der Waals surface area contributed by atoms with Crippen LogP contribution in [0.25, 0.3) is 0 Å². The van der Waals surface area contributed by atoms with Gasteiger partial charge in [0.15, 0.2) is 0 Å². The minimum absolute atomic E-state index is 0.116. The zero-order valence-electron chi connectivity index (χ0n) is 9.27. The molecule has 2 rings (SSSR count). The van der Waals surface area contributed by atoms with E-state index < -0.39 is 16.4 Å². The third kappa shape index (κ3) is 3.21. The summed E-state index contributed by atoms with van der Waals surface area (Å²) in [6, 6.07) is 8.54. The van der Waals surface area contributed by atoms with Crippen LogP contribution in [0.15, 0.2) is 40.9 Å². The standard InChI is InChI=1S/C12H6BrClFNO3/c13-7-2-1-3-8(4-7)19-12-5-9(14)10(15)6-11(12)16(17)18/h1-6H. The van der Waals surface area contributed by atoms with E-state index in [0.717, 1.165) is 16.6 Å². The highest BCUT2D eigenvalue weighted by molar-refractivity contribution is 9.10. The van der Waals surface area contributed by atoms with Gasteiger partial charge in [-0.25, -0.2) is 4.39 Å². The minimum atomic E-state index is -0.866. The second-order valence-electron chi connectivity index (χ2n) is 3.55. The van der Waals surface area contributed by atoms with Gasteiger partial charge in [-0.15, -0.1) is 0 Å². The number of rotatable bonds is 3. The maximum Gasteiger partial charge on any atom is 0.314 e. The molecule has 0 saturated carbocycles. The highest BCUT2D eigenvalue weighted by Crippen LogP contribution is 2.35.